The minimum absolute atomic E-state index is 0.0203. The van der Waals surface area contributed by atoms with E-state index in [1.807, 2.05) is 24.7 Å². The molecule has 0 unspecified atom stereocenters. The minimum Gasteiger partial charge on any atom is -0.390 e. The average molecular weight is 489 g/mol. The summed E-state index contributed by atoms with van der Waals surface area (Å²) in [6.07, 6.45) is 6.55. The van der Waals surface area contributed by atoms with Gasteiger partial charge < -0.3 is 20.9 Å². The summed E-state index contributed by atoms with van der Waals surface area (Å²) in [4.78, 5) is 12.6. The van der Waals surface area contributed by atoms with Crippen molar-refractivity contribution in [1.82, 2.24) is 15.1 Å². The molecule has 0 saturated heterocycles. The Kier molecular flexibility index (Phi) is 11.7. The summed E-state index contributed by atoms with van der Waals surface area (Å²) < 4.78 is 7.22. The predicted molar refractivity (Wildman–Crippen MR) is 143 cm³/mol. The van der Waals surface area contributed by atoms with E-state index in [-0.39, 0.29) is 12.5 Å². The molecule has 7 heteroatoms. The van der Waals surface area contributed by atoms with E-state index in [9.17, 15) is 9.90 Å². The molecule has 0 bridgehead atoms. The van der Waals surface area contributed by atoms with Crippen LogP contribution in [0.15, 0.2) is 24.4 Å². The van der Waals surface area contributed by atoms with Gasteiger partial charge in [0, 0.05) is 43.6 Å². The Morgan fingerprint density at radius 1 is 1.29 bits per heavy atom. The Bertz CT molecular complexity index is 909. The second-order valence-corrected chi connectivity index (χ2v) is 11.0. The minimum atomic E-state index is -0.771. The maximum atomic E-state index is 12.6. The molecule has 2 aromatic rings. The van der Waals surface area contributed by atoms with Crippen molar-refractivity contribution in [2.75, 3.05) is 20.3 Å². The molecule has 1 aromatic carbocycles. The largest absolute Gasteiger partial charge is 0.390 e. The number of unbranched alkanes of at least 4 members (excludes halogenated alkanes) is 1. The molecule has 0 aliphatic heterocycles. The molecule has 0 fully saturated rings. The number of nitrogens with two attached hydrogens (primary N) is 1. The number of aliphatic hydroxyl groups excluding tert-OH is 1. The SMILES string of the molecule is CCCCC(C)(C)C(=O)NC[C@H](O)[C@@H](N)C[C@H](Cc1ccc2cnn(CCCOC)c2c1)C(C)C. The maximum Gasteiger partial charge on any atom is 0.225 e. The Hall–Kier alpha value is -1.96. The van der Waals surface area contributed by atoms with Gasteiger partial charge in [-0.25, -0.2) is 0 Å². The van der Waals surface area contributed by atoms with Crippen LogP contribution in [0.4, 0.5) is 0 Å². The number of nitrogens with one attached hydrogen (secondary N) is 1. The molecule has 1 aromatic heterocycles. The van der Waals surface area contributed by atoms with Crippen LogP contribution >= 0.6 is 0 Å². The first-order valence-electron chi connectivity index (χ1n) is 13.2. The topological polar surface area (TPSA) is 102 Å². The number of hydrogen-bond donors (Lipinski definition) is 3. The van der Waals surface area contributed by atoms with Gasteiger partial charge in [0.25, 0.3) is 0 Å². The number of carbonyl (C=O) groups is 1. The van der Waals surface area contributed by atoms with Gasteiger partial charge in [0.05, 0.1) is 17.8 Å². The van der Waals surface area contributed by atoms with Crippen molar-refractivity contribution in [1.29, 1.82) is 0 Å². The predicted octanol–water partition coefficient (Wildman–Crippen LogP) is 4.30. The number of ether oxygens (including phenoxy) is 1. The second-order valence-electron chi connectivity index (χ2n) is 11.0. The fourth-order valence-electron chi connectivity index (χ4n) is 4.50. The molecule has 0 radical (unpaired) electrons. The number of aryl methyl sites for hydroxylation is 1. The number of aromatic nitrogens is 2. The molecule has 0 saturated carbocycles. The Morgan fingerprint density at radius 3 is 2.69 bits per heavy atom. The molecule has 0 aliphatic carbocycles. The van der Waals surface area contributed by atoms with Gasteiger partial charge in [-0.2, -0.15) is 5.10 Å². The quantitative estimate of drug-likeness (QED) is 0.306. The van der Waals surface area contributed by atoms with Crippen LogP contribution in [-0.4, -0.2) is 53.2 Å². The van der Waals surface area contributed by atoms with E-state index in [1.165, 1.54) is 5.56 Å². The summed E-state index contributed by atoms with van der Waals surface area (Å²) in [6.45, 7) is 12.2. The lowest BCUT2D eigenvalue weighted by atomic mass is 9.83. The lowest BCUT2D eigenvalue weighted by molar-refractivity contribution is -0.130. The first-order chi connectivity index (χ1) is 16.6. The van der Waals surface area contributed by atoms with Crippen LogP contribution in [0.25, 0.3) is 10.9 Å². The highest BCUT2D eigenvalue weighted by atomic mass is 16.5. The van der Waals surface area contributed by atoms with Gasteiger partial charge in [0.2, 0.25) is 5.91 Å². The third-order valence-electron chi connectivity index (χ3n) is 7.18. The van der Waals surface area contributed by atoms with E-state index in [1.54, 1.807) is 7.11 Å². The summed E-state index contributed by atoms with van der Waals surface area (Å²) in [5.74, 6) is 0.713. The number of amides is 1. The molecule has 1 heterocycles. The van der Waals surface area contributed by atoms with Crippen LogP contribution < -0.4 is 11.1 Å². The highest BCUT2D eigenvalue weighted by molar-refractivity contribution is 5.81. The lowest BCUT2D eigenvalue weighted by Gasteiger charge is -2.29. The molecular weight excluding hydrogens is 440 g/mol. The van der Waals surface area contributed by atoms with E-state index in [0.29, 0.717) is 24.9 Å². The Labute approximate surface area is 211 Å². The number of fused-ring (bicyclic) bond motifs is 1. The normalized spacial score (nSPS) is 14.9. The van der Waals surface area contributed by atoms with Gasteiger partial charge in [-0.05, 0) is 49.1 Å². The summed E-state index contributed by atoms with van der Waals surface area (Å²) in [7, 11) is 1.72. The zero-order valence-corrected chi connectivity index (χ0v) is 22.7. The van der Waals surface area contributed by atoms with E-state index >= 15 is 0 Å². The third kappa shape index (κ3) is 8.89. The molecule has 0 spiro atoms. The number of aliphatic hydroxyl groups is 1. The van der Waals surface area contributed by atoms with E-state index in [0.717, 1.165) is 49.6 Å². The molecular formula is C28H48N4O3. The first-order valence-corrected chi connectivity index (χ1v) is 13.2. The van der Waals surface area contributed by atoms with Crippen molar-refractivity contribution in [3.05, 3.63) is 30.0 Å². The van der Waals surface area contributed by atoms with E-state index < -0.39 is 17.6 Å². The van der Waals surface area contributed by atoms with Gasteiger partial charge in [-0.1, -0.05) is 59.6 Å². The Morgan fingerprint density at radius 2 is 2.03 bits per heavy atom. The number of benzene rings is 1. The van der Waals surface area contributed by atoms with Gasteiger partial charge in [-0.3, -0.25) is 9.48 Å². The van der Waals surface area contributed by atoms with Crippen LogP contribution in [0.2, 0.25) is 0 Å². The van der Waals surface area contributed by atoms with Crippen LogP contribution in [0.1, 0.15) is 72.3 Å². The zero-order chi connectivity index (χ0) is 26.0. The van der Waals surface area contributed by atoms with Gasteiger partial charge >= 0.3 is 0 Å². The monoisotopic (exact) mass is 488 g/mol. The molecule has 1 amide bonds. The molecule has 3 atom stereocenters. The van der Waals surface area contributed by atoms with Crippen molar-refractivity contribution >= 4 is 16.8 Å². The number of rotatable bonds is 16. The number of methoxy groups -OCH3 is 1. The fourth-order valence-corrected chi connectivity index (χ4v) is 4.50. The smallest absolute Gasteiger partial charge is 0.225 e. The molecule has 35 heavy (non-hydrogen) atoms. The molecule has 7 nitrogen and oxygen atoms in total. The van der Waals surface area contributed by atoms with Crippen LogP contribution in [-0.2, 0) is 22.5 Å². The van der Waals surface area contributed by atoms with E-state index in [2.05, 4.69) is 49.4 Å². The highest BCUT2D eigenvalue weighted by Gasteiger charge is 2.28. The number of nitrogens with zero attached hydrogens (tertiary/aromatic N) is 2. The zero-order valence-electron chi connectivity index (χ0n) is 22.7. The van der Waals surface area contributed by atoms with Gasteiger partial charge in [-0.15, -0.1) is 0 Å². The molecule has 4 N–H and O–H groups in total. The molecule has 198 valence electrons. The summed E-state index contributed by atoms with van der Waals surface area (Å²) >= 11 is 0. The average Bonchev–Trinajstić information content (AvgIpc) is 3.22. The first kappa shape index (κ1) is 29.3. The van der Waals surface area contributed by atoms with Gasteiger partial charge in [0.15, 0.2) is 0 Å². The summed E-state index contributed by atoms with van der Waals surface area (Å²) in [6, 6.07) is 6.13. The van der Waals surface area contributed by atoms with Gasteiger partial charge in [0.1, 0.15) is 0 Å². The molecule has 2 rings (SSSR count). The van der Waals surface area contributed by atoms with Crippen LogP contribution in [0.3, 0.4) is 0 Å². The van der Waals surface area contributed by atoms with E-state index in [4.69, 9.17) is 10.5 Å². The Balaban J connectivity index is 1.98. The summed E-state index contributed by atoms with van der Waals surface area (Å²) in [5.41, 5.74) is 8.37. The summed E-state index contributed by atoms with van der Waals surface area (Å²) in [5, 5.41) is 19.3. The molecule has 0 aliphatic rings. The third-order valence-corrected chi connectivity index (χ3v) is 7.18. The number of hydrogen-bond acceptors (Lipinski definition) is 5. The van der Waals surface area contributed by atoms with Crippen molar-refractivity contribution in [3.8, 4) is 0 Å². The van der Waals surface area contributed by atoms with Crippen LogP contribution in [0.5, 0.6) is 0 Å². The maximum absolute atomic E-state index is 12.6. The fraction of sp³-hybridized carbons (Fsp3) is 0.714. The van der Waals surface area contributed by atoms with Crippen molar-refractivity contribution in [3.63, 3.8) is 0 Å². The standard InChI is InChI=1S/C28H48N4O3/c1-7-8-12-28(4,5)27(34)30-19-26(33)24(29)17-23(20(2)3)15-21-10-11-22-18-31-32(25(22)16-21)13-9-14-35-6/h10-11,16,18,20,23-24,26,33H,7-9,12-15,17,19,29H2,1-6H3,(H,30,34)/t23-,24-,26-/m0/s1. The van der Waals surface area contributed by atoms with Crippen molar-refractivity contribution < 1.29 is 14.6 Å². The second kappa shape index (κ2) is 14.0. The lowest BCUT2D eigenvalue weighted by Crippen LogP contribution is -2.47. The number of carbonyl (C=O) groups excluding carboxylic acids is 1. The van der Waals surface area contributed by atoms with Crippen LogP contribution in [0, 0.1) is 17.3 Å². The highest BCUT2D eigenvalue weighted by Crippen LogP contribution is 2.26. The van der Waals surface area contributed by atoms with Crippen molar-refractivity contribution in [2.24, 2.45) is 23.0 Å². The van der Waals surface area contributed by atoms with Crippen molar-refractivity contribution in [2.45, 2.75) is 91.8 Å².